The number of hydrogen-bond acceptors (Lipinski definition) is 6. The third-order valence-electron chi connectivity index (χ3n) is 2.78. The van der Waals surface area contributed by atoms with Crippen molar-refractivity contribution in [2.75, 3.05) is 23.4 Å². The van der Waals surface area contributed by atoms with E-state index in [2.05, 4.69) is 4.72 Å². The summed E-state index contributed by atoms with van der Waals surface area (Å²) < 4.78 is 25.1. The van der Waals surface area contributed by atoms with Crippen molar-refractivity contribution >= 4 is 21.4 Å². The van der Waals surface area contributed by atoms with Crippen LogP contribution in [0.4, 0.5) is 11.4 Å². The standard InChI is InChI=1S/C12H21N3O2S.HNO3/c1-5-15(10(3)14-18(4,16)17)11-6-7-12(13)9(2)8-11;2-1(3)4/h6-8,10,14H,5,13H2,1-4H3;(H,2,3,4). The molecule has 0 saturated heterocycles. The maximum absolute atomic E-state index is 11.3. The highest BCUT2D eigenvalue weighted by Gasteiger charge is 2.16. The predicted molar refractivity (Wildman–Crippen MR) is 84.8 cm³/mol. The summed E-state index contributed by atoms with van der Waals surface area (Å²) in [4.78, 5) is 10.3. The van der Waals surface area contributed by atoms with E-state index in [1.165, 1.54) is 0 Å². The third-order valence-corrected chi connectivity index (χ3v) is 3.55. The number of anilines is 2. The number of benzene rings is 1. The van der Waals surface area contributed by atoms with Crippen LogP contribution in [0.15, 0.2) is 18.2 Å². The first-order chi connectivity index (χ1) is 9.97. The molecule has 1 aromatic carbocycles. The number of sulfonamides is 1. The van der Waals surface area contributed by atoms with Crippen molar-refractivity contribution in [1.82, 2.24) is 4.72 Å². The molecule has 1 unspecified atom stereocenters. The summed E-state index contributed by atoms with van der Waals surface area (Å²) in [6, 6.07) is 5.69. The van der Waals surface area contributed by atoms with Gasteiger partial charge in [-0.25, -0.2) is 8.42 Å². The van der Waals surface area contributed by atoms with Crippen LogP contribution in [-0.2, 0) is 10.0 Å². The first kappa shape index (κ1) is 19.9. The topological polar surface area (TPSA) is 139 Å². The Labute approximate surface area is 129 Å². The molecule has 4 N–H and O–H groups in total. The van der Waals surface area contributed by atoms with Gasteiger partial charge in [-0.3, -0.25) is 0 Å². The Bertz CT molecular complexity index is 602. The van der Waals surface area contributed by atoms with Gasteiger partial charge in [-0.15, -0.1) is 10.1 Å². The molecule has 126 valence electrons. The molecular formula is C12H22N4O5S. The van der Waals surface area contributed by atoms with Gasteiger partial charge < -0.3 is 15.8 Å². The molecule has 0 saturated carbocycles. The number of nitrogens with one attached hydrogen (secondary N) is 1. The van der Waals surface area contributed by atoms with Crippen LogP contribution in [0.3, 0.4) is 0 Å². The van der Waals surface area contributed by atoms with Crippen LogP contribution in [0.5, 0.6) is 0 Å². The van der Waals surface area contributed by atoms with Crippen molar-refractivity contribution in [1.29, 1.82) is 0 Å². The molecule has 0 bridgehead atoms. The molecule has 9 nitrogen and oxygen atoms in total. The summed E-state index contributed by atoms with van der Waals surface area (Å²) in [6.45, 7) is 6.43. The van der Waals surface area contributed by atoms with Crippen molar-refractivity contribution in [3.63, 3.8) is 0 Å². The molecule has 0 spiro atoms. The van der Waals surface area contributed by atoms with Crippen LogP contribution >= 0.6 is 0 Å². The molecule has 0 heterocycles. The van der Waals surface area contributed by atoms with Gasteiger partial charge in [-0.2, -0.15) is 4.72 Å². The van der Waals surface area contributed by atoms with Gasteiger partial charge in [-0.05, 0) is 44.5 Å². The molecule has 0 aromatic heterocycles. The fraction of sp³-hybridized carbons (Fsp3) is 0.500. The highest BCUT2D eigenvalue weighted by atomic mass is 32.2. The number of nitrogen functional groups attached to an aromatic ring is 1. The molecular weight excluding hydrogens is 312 g/mol. The fourth-order valence-electron chi connectivity index (χ4n) is 1.89. The van der Waals surface area contributed by atoms with E-state index in [9.17, 15) is 8.42 Å². The van der Waals surface area contributed by atoms with Gasteiger partial charge in [0.05, 0.1) is 12.4 Å². The van der Waals surface area contributed by atoms with E-state index >= 15 is 0 Å². The van der Waals surface area contributed by atoms with Crippen LogP contribution in [0.25, 0.3) is 0 Å². The second-order valence-corrected chi connectivity index (χ2v) is 6.41. The molecule has 10 heteroatoms. The van der Waals surface area contributed by atoms with Crippen LogP contribution in [0.2, 0.25) is 0 Å². The Hall–Kier alpha value is -2.07. The lowest BCUT2D eigenvalue weighted by Crippen LogP contribution is -2.46. The molecule has 1 rings (SSSR count). The largest absolute Gasteiger partial charge is 0.399 e. The zero-order valence-electron chi connectivity index (χ0n) is 13.0. The normalized spacial score (nSPS) is 12.0. The first-order valence-electron chi connectivity index (χ1n) is 6.41. The van der Waals surface area contributed by atoms with Gasteiger partial charge in [0.2, 0.25) is 10.0 Å². The molecule has 22 heavy (non-hydrogen) atoms. The van der Waals surface area contributed by atoms with Crippen LogP contribution < -0.4 is 15.4 Å². The van der Waals surface area contributed by atoms with Crippen LogP contribution in [0.1, 0.15) is 19.4 Å². The molecule has 0 aliphatic heterocycles. The lowest BCUT2D eigenvalue weighted by atomic mass is 10.1. The Morgan fingerprint density at radius 3 is 2.36 bits per heavy atom. The fourth-order valence-corrected chi connectivity index (χ4v) is 2.64. The molecule has 0 amide bonds. The summed E-state index contributed by atoms with van der Waals surface area (Å²) in [5, 5.41) is 13.6. The average Bonchev–Trinajstić information content (AvgIpc) is 2.31. The van der Waals surface area contributed by atoms with Gasteiger partial charge in [0, 0.05) is 17.9 Å². The Morgan fingerprint density at radius 1 is 1.50 bits per heavy atom. The molecule has 1 aromatic rings. The van der Waals surface area contributed by atoms with Gasteiger partial charge in [0.1, 0.15) is 0 Å². The quantitative estimate of drug-likeness (QED) is 0.315. The smallest absolute Gasteiger partial charge is 0.291 e. The Balaban J connectivity index is 0.000000980. The highest BCUT2D eigenvalue weighted by molar-refractivity contribution is 7.88. The van der Waals surface area contributed by atoms with Gasteiger partial charge in [0.25, 0.3) is 5.09 Å². The lowest BCUT2D eigenvalue weighted by molar-refractivity contribution is -0.742. The maximum atomic E-state index is 11.3. The van der Waals surface area contributed by atoms with Gasteiger partial charge in [-0.1, -0.05) is 0 Å². The molecule has 1 atom stereocenters. The number of aryl methyl sites for hydroxylation is 1. The van der Waals surface area contributed by atoms with E-state index < -0.39 is 15.1 Å². The second kappa shape index (κ2) is 8.39. The number of nitrogens with zero attached hydrogens (tertiary/aromatic N) is 2. The summed E-state index contributed by atoms with van der Waals surface area (Å²) >= 11 is 0. The van der Waals surface area contributed by atoms with Crippen molar-refractivity contribution in [3.05, 3.63) is 33.9 Å². The first-order valence-corrected chi connectivity index (χ1v) is 8.30. The summed E-state index contributed by atoms with van der Waals surface area (Å²) in [5.74, 6) is 0. The SMILES string of the molecule is CCN(c1ccc(N)c(C)c1)C(C)NS(C)(=O)=O.O=[N+]([O-])O. The second-order valence-electron chi connectivity index (χ2n) is 4.63. The zero-order chi connectivity index (χ0) is 17.5. The molecule has 0 radical (unpaired) electrons. The molecule has 0 aliphatic carbocycles. The Kier molecular flexibility index (Phi) is 7.60. The average molecular weight is 334 g/mol. The van der Waals surface area contributed by atoms with Crippen molar-refractivity contribution in [2.24, 2.45) is 0 Å². The third kappa shape index (κ3) is 7.64. The lowest BCUT2D eigenvalue weighted by Gasteiger charge is -2.30. The van der Waals surface area contributed by atoms with Crippen LogP contribution in [-0.4, -0.2) is 37.7 Å². The molecule has 0 aliphatic rings. The van der Waals surface area contributed by atoms with Gasteiger partial charge >= 0.3 is 0 Å². The van der Waals surface area contributed by atoms with Crippen LogP contribution in [0, 0.1) is 17.0 Å². The van der Waals surface area contributed by atoms with Crippen molar-refractivity contribution < 1.29 is 18.7 Å². The van der Waals surface area contributed by atoms with Crippen molar-refractivity contribution in [2.45, 2.75) is 26.9 Å². The van der Waals surface area contributed by atoms with E-state index in [-0.39, 0.29) is 6.17 Å². The minimum atomic E-state index is -3.22. The summed E-state index contributed by atoms with van der Waals surface area (Å²) in [5.41, 5.74) is 8.45. The van der Waals surface area contributed by atoms with Gasteiger partial charge in [0.15, 0.2) is 0 Å². The minimum Gasteiger partial charge on any atom is -0.399 e. The predicted octanol–water partition coefficient (Wildman–Crippen LogP) is 0.951. The van der Waals surface area contributed by atoms with E-state index in [1.807, 2.05) is 43.9 Å². The maximum Gasteiger partial charge on any atom is 0.291 e. The zero-order valence-corrected chi connectivity index (χ0v) is 13.8. The van der Waals surface area contributed by atoms with E-state index in [1.54, 1.807) is 0 Å². The van der Waals surface area contributed by atoms with Crippen molar-refractivity contribution in [3.8, 4) is 0 Å². The number of rotatable bonds is 5. The summed E-state index contributed by atoms with van der Waals surface area (Å²) in [6.07, 6.45) is 0.860. The monoisotopic (exact) mass is 334 g/mol. The van der Waals surface area contributed by atoms with E-state index in [0.29, 0.717) is 6.54 Å². The van der Waals surface area contributed by atoms with E-state index in [0.717, 1.165) is 23.2 Å². The minimum absolute atomic E-state index is 0.298. The highest BCUT2D eigenvalue weighted by Crippen LogP contribution is 2.21. The van der Waals surface area contributed by atoms with E-state index in [4.69, 9.17) is 21.1 Å². The summed E-state index contributed by atoms with van der Waals surface area (Å²) in [7, 11) is -3.22. The Morgan fingerprint density at radius 2 is 2.00 bits per heavy atom. The molecule has 0 fully saturated rings. The number of nitrogens with two attached hydrogens (primary N) is 1. The number of hydrogen-bond donors (Lipinski definition) is 3.